The van der Waals surface area contributed by atoms with Gasteiger partial charge in [0.1, 0.15) is 16.5 Å². The van der Waals surface area contributed by atoms with E-state index in [4.69, 9.17) is 26.1 Å². The predicted octanol–water partition coefficient (Wildman–Crippen LogP) is 5.83. The van der Waals surface area contributed by atoms with Crippen LogP contribution in [-0.2, 0) is 6.54 Å². The largest absolute Gasteiger partial charge is 0.497 e. The second-order valence-electron chi connectivity index (χ2n) is 10.5. The molecule has 1 fully saturated rings. The fourth-order valence-electron chi connectivity index (χ4n) is 5.36. The summed E-state index contributed by atoms with van der Waals surface area (Å²) in [7, 11) is 5.27. The van der Waals surface area contributed by atoms with Crippen LogP contribution in [0.1, 0.15) is 11.1 Å². The highest BCUT2D eigenvalue weighted by Crippen LogP contribution is 2.43. The van der Waals surface area contributed by atoms with E-state index >= 15 is 0 Å². The Morgan fingerprint density at radius 2 is 1.79 bits per heavy atom. The number of fused-ring (bicyclic) bond motifs is 1. The number of nitrogens with one attached hydrogen (secondary N) is 1. The first-order chi connectivity index (χ1) is 20.9. The van der Waals surface area contributed by atoms with Crippen LogP contribution < -0.4 is 29.5 Å². The fourth-order valence-corrected chi connectivity index (χ4v) is 5.67. The number of piperazine rings is 1. The van der Waals surface area contributed by atoms with Crippen molar-refractivity contribution in [2.75, 3.05) is 67.5 Å². The maximum absolute atomic E-state index is 14.3. The van der Waals surface area contributed by atoms with Crippen LogP contribution in [0, 0.1) is 19.1 Å². The maximum atomic E-state index is 14.3. The number of benzene rings is 2. The summed E-state index contributed by atoms with van der Waals surface area (Å²) in [5.74, 6) is 1.85. The van der Waals surface area contributed by atoms with Gasteiger partial charge in [0.05, 0.1) is 32.1 Å². The molecule has 0 unspecified atom stereocenters. The summed E-state index contributed by atoms with van der Waals surface area (Å²) in [6, 6.07) is 20.7. The SMILES string of the molecule is COc1ccc(N2C(=O)N(c3c(Cl)c#ccc3C)Cc3cnc(Nc4ccc(N5CCN(C)CC5)cc4)nc32)c(OC)c1. The lowest BCUT2D eigenvalue weighted by molar-refractivity contribution is 0.252. The van der Waals surface area contributed by atoms with Crippen LogP contribution in [0.4, 0.5) is 39.3 Å². The summed E-state index contributed by atoms with van der Waals surface area (Å²) >= 11 is 6.54. The zero-order chi connectivity index (χ0) is 30.1. The summed E-state index contributed by atoms with van der Waals surface area (Å²) in [5, 5.41) is 3.61. The van der Waals surface area contributed by atoms with Crippen LogP contribution in [0.2, 0.25) is 5.02 Å². The van der Waals surface area contributed by atoms with E-state index in [9.17, 15) is 4.79 Å². The number of hydrogen-bond acceptors (Lipinski definition) is 8. The van der Waals surface area contributed by atoms with Crippen molar-refractivity contribution in [2.24, 2.45) is 0 Å². The van der Waals surface area contributed by atoms with Gasteiger partial charge in [-0.05, 0) is 68.1 Å². The van der Waals surface area contributed by atoms with Crippen molar-refractivity contribution in [3.8, 4) is 11.5 Å². The molecule has 2 aliphatic rings. The number of likely N-dealkylation sites (N-methyl/N-ethyl adjacent to an activating group) is 1. The van der Waals surface area contributed by atoms with E-state index in [0.29, 0.717) is 39.7 Å². The van der Waals surface area contributed by atoms with Crippen LogP contribution in [0.3, 0.4) is 0 Å². The van der Waals surface area contributed by atoms with Crippen LogP contribution in [-0.4, -0.2) is 68.3 Å². The van der Waals surface area contributed by atoms with E-state index in [0.717, 1.165) is 43.0 Å². The second kappa shape index (κ2) is 11.9. The molecule has 1 saturated heterocycles. The molecule has 3 aromatic carbocycles. The van der Waals surface area contributed by atoms with Gasteiger partial charge in [0, 0.05) is 55.4 Å². The molecule has 2 aliphatic heterocycles. The molecule has 10 nitrogen and oxygen atoms in total. The average molecular weight is 598 g/mol. The molecule has 6 rings (SSSR count). The van der Waals surface area contributed by atoms with Crippen molar-refractivity contribution in [3.63, 3.8) is 0 Å². The zero-order valence-corrected chi connectivity index (χ0v) is 25.3. The summed E-state index contributed by atoms with van der Waals surface area (Å²) in [5.41, 5.74) is 4.60. The van der Waals surface area contributed by atoms with Crippen molar-refractivity contribution in [3.05, 3.63) is 83.0 Å². The maximum Gasteiger partial charge on any atom is 0.335 e. The van der Waals surface area contributed by atoms with Gasteiger partial charge >= 0.3 is 6.03 Å². The van der Waals surface area contributed by atoms with Gasteiger partial charge in [-0.1, -0.05) is 17.7 Å². The lowest BCUT2D eigenvalue weighted by Crippen LogP contribution is -2.46. The number of nitrogens with zero attached hydrogens (tertiary/aromatic N) is 6. The summed E-state index contributed by atoms with van der Waals surface area (Å²) in [6.45, 7) is 6.18. The standard InChI is InChI=1S/C32H32ClN7O3/c1-21-6-5-7-26(33)29(21)39-20-22-19-34-31(35-23-8-10-24(11-9-23)38-16-14-37(2)15-17-38)36-30(22)40(32(39)41)27-13-12-25(42-3)18-28(27)43-4/h6,8-13,18-19H,14-17,20H2,1-4H3,(H,34,35,36). The Bertz CT molecular complexity index is 1620. The smallest absolute Gasteiger partial charge is 0.335 e. The minimum atomic E-state index is -0.346. The van der Waals surface area contributed by atoms with Gasteiger partial charge in [0.2, 0.25) is 5.95 Å². The Hall–Kier alpha value is -4.72. The van der Waals surface area contributed by atoms with Gasteiger partial charge in [-0.2, -0.15) is 4.98 Å². The number of rotatable bonds is 7. The molecule has 0 spiro atoms. The molecule has 1 N–H and O–H groups in total. The summed E-state index contributed by atoms with van der Waals surface area (Å²) in [4.78, 5) is 31.6. The third-order valence-electron chi connectivity index (χ3n) is 7.75. The third-order valence-corrected chi connectivity index (χ3v) is 8.02. The molecule has 4 aromatic rings. The van der Waals surface area contributed by atoms with Crippen molar-refractivity contribution in [1.29, 1.82) is 0 Å². The minimum absolute atomic E-state index is 0.224. The Balaban J connectivity index is 1.36. The number of carbonyl (C=O) groups excluding carboxylic acids is 1. The number of hydrogen-bond donors (Lipinski definition) is 1. The number of carbonyl (C=O) groups is 1. The zero-order valence-electron chi connectivity index (χ0n) is 24.5. The lowest BCUT2D eigenvalue weighted by atomic mass is 10.1. The van der Waals surface area contributed by atoms with Crippen molar-refractivity contribution < 1.29 is 14.3 Å². The first-order valence-electron chi connectivity index (χ1n) is 13.9. The molecule has 43 heavy (non-hydrogen) atoms. The van der Waals surface area contributed by atoms with Crippen molar-refractivity contribution >= 4 is 52.1 Å². The molecule has 2 amide bonds. The molecular weight excluding hydrogens is 566 g/mol. The number of amides is 2. The molecule has 0 bridgehead atoms. The first-order valence-corrected chi connectivity index (χ1v) is 14.3. The molecule has 0 atom stereocenters. The first kappa shape index (κ1) is 28.4. The summed E-state index contributed by atoms with van der Waals surface area (Å²) in [6.07, 6.45) is 1.73. The molecule has 0 aliphatic carbocycles. The van der Waals surface area contributed by atoms with E-state index in [1.165, 1.54) is 10.6 Å². The van der Waals surface area contributed by atoms with Gasteiger partial charge in [0.25, 0.3) is 0 Å². The number of halogens is 1. The molecular formula is C32H32ClN7O3. The molecule has 3 heterocycles. The highest BCUT2D eigenvalue weighted by Gasteiger charge is 2.37. The van der Waals surface area contributed by atoms with Crippen molar-refractivity contribution in [1.82, 2.24) is 14.9 Å². The van der Waals surface area contributed by atoms with Crippen LogP contribution >= 0.6 is 11.6 Å². The van der Waals surface area contributed by atoms with E-state index in [-0.39, 0.29) is 12.6 Å². The lowest BCUT2D eigenvalue weighted by Gasteiger charge is -2.37. The fraction of sp³-hybridized carbons (Fsp3) is 0.281. The Morgan fingerprint density at radius 1 is 1.02 bits per heavy atom. The molecule has 220 valence electrons. The quantitative estimate of drug-likeness (QED) is 0.285. The van der Waals surface area contributed by atoms with E-state index in [2.05, 4.69) is 51.4 Å². The van der Waals surface area contributed by atoms with Gasteiger partial charge in [-0.3, -0.25) is 4.90 Å². The average Bonchev–Trinajstić information content (AvgIpc) is 3.02. The highest BCUT2D eigenvalue weighted by molar-refractivity contribution is 6.34. The Labute approximate surface area is 256 Å². The minimum Gasteiger partial charge on any atom is -0.497 e. The number of anilines is 6. The van der Waals surface area contributed by atoms with Gasteiger partial charge in [-0.25, -0.2) is 14.7 Å². The Kier molecular flexibility index (Phi) is 7.84. The van der Waals surface area contributed by atoms with E-state index < -0.39 is 0 Å². The number of methoxy groups -OCH3 is 2. The monoisotopic (exact) mass is 597 g/mol. The van der Waals surface area contributed by atoms with Gasteiger partial charge in [-0.15, -0.1) is 0 Å². The summed E-state index contributed by atoms with van der Waals surface area (Å²) < 4.78 is 11.1. The number of ether oxygens (including phenoxy) is 2. The number of urea groups is 1. The number of aryl methyl sites for hydroxylation is 1. The second-order valence-corrected chi connectivity index (χ2v) is 10.9. The number of aromatic nitrogens is 2. The topological polar surface area (TPSA) is 86.3 Å². The predicted molar refractivity (Wildman–Crippen MR) is 169 cm³/mol. The van der Waals surface area contributed by atoms with E-state index in [1.54, 1.807) is 49.6 Å². The van der Waals surface area contributed by atoms with Crippen LogP contribution in [0.25, 0.3) is 0 Å². The molecule has 0 saturated carbocycles. The van der Waals surface area contributed by atoms with Gasteiger partial charge in [0.15, 0.2) is 5.82 Å². The molecule has 11 heteroatoms. The normalized spacial score (nSPS) is 15.2. The van der Waals surface area contributed by atoms with E-state index in [1.807, 2.05) is 19.1 Å². The molecule has 0 radical (unpaired) electrons. The molecule has 1 aromatic heterocycles. The van der Waals surface area contributed by atoms with Crippen molar-refractivity contribution in [2.45, 2.75) is 13.5 Å². The Morgan fingerprint density at radius 3 is 2.49 bits per heavy atom. The van der Waals surface area contributed by atoms with Crippen LogP contribution in [0.15, 0.2) is 54.7 Å². The van der Waals surface area contributed by atoms with Crippen LogP contribution in [0.5, 0.6) is 11.5 Å². The third kappa shape index (κ3) is 5.57. The highest BCUT2D eigenvalue weighted by atomic mass is 35.5. The van der Waals surface area contributed by atoms with Gasteiger partial charge < -0.3 is 24.6 Å².